The van der Waals surface area contributed by atoms with Crippen molar-refractivity contribution < 1.29 is 13.2 Å². The normalized spacial score (nSPS) is 24.4. The summed E-state index contributed by atoms with van der Waals surface area (Å²) in [5.41, 5.74) is 2.22. The van der Waals surface area contributed by atoms with E-state index in [4.69, 9.17) is 0 Å². The highest BCUT2D eigenvalue weighted by Gasteiger charge is 2.42. The molecule has 0 heterocycles. The van der Waals surface area contributed by atoms with E-state index in [9.17, 15) is 13.2 Å². The van der Waals surface area contributed by atoms with Gasteiger partial charge in [-0.3, -0.25) is 4.79 Å². The van der Waals surface area contributed by atoms with E-state index in [1.807, 2.05) is 26.0 Å². The maximum absolute atomic E-state index is 12.8. The Labute approximate surface area is 173 Å². The van der Waals surface area contributed by atoms with Crippen LogP contribution in [0.4, 0.5) is 5.69 Å². The number of nitrogens with one attached hydrogen (secondary N) is 2. The Bertz CT molecular complexity index is 984. The number of hydrogen-bond donors (Lipinski definition) is 2. The van der Waals surface area contributed by atoms with E-state index in [0.29, 0.717) is 23.1 Å². The molecule has 1 amide bonds. The smallest absolute Gasteiger partial charge is 0.255 e. The van der Waals surface area contributed by atoms with Crippen molar-refractivity contribution in [2.75, 3.05) is 5.32 Å². The lowest BCUT2D eigenvalue weighted by Gasteiger charge is -2.28. The molecular weight excluding hydrogens is 384 g/mol. The number of sulfonamides is 1. The van der Waals surface area contributed by atoms with Crippen LogP contribution >= 0.6 is 0 Å². The molecule has 154 valence electrons. The van der Waals surface area contributed by atoms with E-state index in [0.717, 1.165) is 17.9 Å². The van der Waals surface area contributed by atoms with Gasteiger partial charge >= 0.3 is 0 Å². The number of hydrogen-bond acceptors (Lipinski definition) is 3. The van der Waals surface area contributed by atoms with Gasteiger partial charge in [-0.25, -0.2) is 13.1 Å². The number of amides is 1. The van der Waals surface area contributed by atoms with Crippen LogP contribution in [-0.2, 0) is 10.0 Å². The summed E-state index contributed by atoms with van der Waals surface area (Å²) in [6, 6.07) is 13.6. The van der Waals surface area contributed by atoms with Gasteiger partial charge in [-0.15, -0.1) is 0 Å². The van der Waals surface area contributed by atoms with E-state index < -0.39 is 10.0 Å². The average Bonchev–Trinajstić information content (AvgIpc) is 3.32. The zero-order chi connectivity index (χ0) is 20.6. The highest BCUT2D eigenvalue weighted by molar-refractivity contribution is 7.89. The summed E-state index contributed by atoms with van der Waals surface area (Å²) in [5, 5.41) is 2.81. The average molecular weight is 413 g/mol. The van der Waals surface area contributed by atoms with E-state index in [1.54, 1.807) is 36.4 Å². The number of benzene rings is 2. The van der Waals surface area contributed by atoms with Crippen molar-refractivity contribution in [2.45, 2.75) is 50.5 Å². The predicted octanol–water partition coefficient (Wildman–Crippen LogP) is 4.35. The summed E-state index contributed by atoms with van der Waals surface area (Å²) < 4.78 is 28.5. The van der Waals surface area contributed by atoms with Crippen molar-refractivity contribution in [1.82, 2.24) is 4.72 Å². The molecule has 0 unspecified atom stereocenters. The lowest BCUT2D eigenvalue weighted by Crippen LogP contribution is -2.40. The van der Waals surface area contributed by atoms with E-state index in [2.05, 4.69) is 10.0 Å². The third kappa shape index (κ3) is 4.38. The summed E-state index contributed by atoms with van der Waals surface area (Å²) in [6.45, 7) is 3.95. The summed E-state index contributed by atoms with van der Waals surface area (Å²) >= 11 is 0. The van der Waals surface area contributed by atoms with Gasteiger partial charge in [-0.1, -0.05) is 24.1 Å². The minimum Gasteiger partial charge on any atom is -0.322 e. The van der Waals surface area contributed by atoms with Crippen LogP contribution in [0.25, 0.3) is 0 Å². The number of anilines is 1. The topological polar surface area (TPSA) is 75.3 Å². The zero-order valence-corrected chi connectivity index (χ0v) is 17.7. The van der Waals surface area contributed by atoms with Crippen LogP contribution in [-0.4, -0.2) is 20.4 Å². The van der Waals surface area contributed by atoms with Gasteiger partial charge in [0, 0.05) is 17.3 Å². The first-order chi connectivity index (χ1) is 13.8. The first-order valence-corrected chi connectivity index (χ1v) is 11.8. The van der Waals surface area contributed by atoms with Crippen LogP contribution in [0.2, 0.25) is 0 Å². The Morgan fingerprint density at radius 3 is 2.28 bits per heavy atom. The Balaban J connectivity index is 1.40. The molecule has 29 heavy (non-hydrogen) atoms. The van der Waals surface area contributed by atoms with Crippen molar-refractivity contribution in [3.05, 3.63) is 59.7 Å². The third-order valence-corrected chi connectivity index (χ3v) is 8.09. The van der Waals surface area contributed by atoms with Crippen LogP contribution in [0.5, 0.6) is 0 Å². The van der Waals surface area contributed by atoms with Crippen molar-refractivity contribution >= 4 is 21.6 Å². The molecule has 2 saturated carbocycles. The maximum atomic E-state index is 12.8. The van der Waals surface area contributed by atoms with Gasteiger partial charge in [0.1, 0.15) is 0 Å². The van der Waals surface area contributed by atoms with Crippen molar-refractivity contribution in [3.63, 3.8) is 0 Å². The van der Waals surface area contributed by atoms with Gasteiger partial charge in [0.25, 0.3) is 5.91 Å². The Morgan fingerprint density at radius 1 is 1.00 bits per heavy atom. The van der Waals surface area contributed by atoms with Gasteiger partial charge in [-0.2, -0.15) is 0 Å². The minimum absolute atomic E-state index is 0.0591. The molecule has 4 atom stereocenters. The van der Waals surface area contributed by atoms with Crippen LogP contribution < -0.4 is 10.0 Å². The van der Waals surface area contributed by atoms with Gasteiger partial charge in [0.15, 0.2) is 0 Å². The number of fused-ring (bicyclic) bond motifs is 2. The monoisotopic (exact) mass is 412 g/mol. The predicted molar refractivity (Wildman–Crippen MR) is 114 cm³/mol. The maximum Gasteiger partial charge on any atom is 0.255 e. The van der Waals surface area contributed by atoms with Gasteiger partial charge < -0.3 is 5.32 Å². The third-order valence-electron chi connectivity index (χ3n) is 6.51. The largest absolute Gasteiger partial charge is 0.322 e. The fourth-order valence-corrected chi connectivity index (χ4v) is 6.23. The molecule has 6 heteroatoms. The van der Waals surface area contributed by atoms with E-state index in [1.165, 1.54) is 19.3 Å². The number of rotatable bonds is 6. The summed E-state index contributed by atoms with van der Waals surface area (Å²) in [4.78, 5) is 12.5. The van der Waals surface area contributed by atoms with Crippen LogP contribution in [0.3, 0.4) is 0 Å². The van der Waals surface area contributed by atoms with Crippen LogP contribution in [0, 0.1) is 24.7 Å². The summed E-state index contributed by atoms with van der Waals surface area (Å²) in [7, 11) is -3.58. The first-order valence-electron chi connectivity index (χ1n) is 10.3. The second-order valence-corrected chi connectivity index (χ2v) is 10.3. The van der Waals surface area contributed by atoms with Crippen molar-refractivity contribution in [1.29, 1.82) is 0 Å². The van der Waals surface area contributed by atoms with Gasteiger partial charge in [0.2, 0.25) is 10.0 Å². The molecule has 0 spiro atoms. The SMILES string of the molecule is Cc1ccc(C(=O)Nc2ccc(S(=O)(=O)N[C@H](C)[C@H]3C[C@H]4CC[C@H]3C4)cc2)cc1. The fraction of sp³-hybridized carbons (Fsp3) is 0.435. The highest BCUT2D eigenvalue weighted by atomic mass is 32.2. The molecule has 2 aromatic rings. The molecular formula is C23H28N2O3S. The van der Waals surface area contributed by atoms with Gasteiger partial charge in [-0.05, 0) is 87.3 Å². The molecule has 2 aromatic carbocycles. The molecule has 0 aromatic heterocycles. The second-order valence-electron chi connectivity index (χ2n) is 8.59. The Hall–Kier alpha value is -2.18. The van der Waals surface area contributed by atoms with Crippen molar-refractivity contribution in [2.24, 2.45) is 17.8 Å². The Kier molecular flexibility index (Phi) is 5.49. The molecule has 2 aliphatic rings. The van der Waals surface area contributed by atoms with E-state index >= 15 is 0 Å². The molecule has 2 fully saturated rings. The molecule has 0 saturated heterocycles. The molecule has 2 bridgehead atoms. The van der Waals surface area contributed by atoms with Crippen LogP contribution in [0.15, 0.2) is 53.4 Å². The molecule has 2 N–H and O–H groups in total. The number of carbonyl (C=O) groups excluding carboxylic acids is 1. The summed E-state index contributed by atoms with van der Waals surface area (Å²) in [5.74, 6) is 1.67. The zero-order valence-electron chi connectivity index (χ0n) is 16.9. The minimum atomic E-state index is -3.58. The molecule has 5 nitrogen and oxygen atoms in total. The van der Waals surface area contributed by atoms with Crippen LogP contribution in [0.1, 0.15) is 48.5 Å². The summed E-state index contributed by atoms with van der Waals surface area (Å²) in [6.07, 6.45) is 4.93. The molecule has 0 aliphatic heterocycles. The number of carbonyl (C=O) groups is 1. The first kappa shape index (κ1) is 20.1. The lowest BCUT2D eigenvalue weighted by molar-refractivity contribution is 0.102. The Morgan fingerprint density at radius 2 is 1.69 bits per heavy atom. The van der Waals surface area contributed by atoms with Crippen molar-refractivity contribution in [3.8, 4) is 0 Å². The highest BCUT2D eigenvalue weighted by Crippen LogP contribution is 2.49. The molecule has 4 rings (SSSR count). The molecule has 0 radical (unpaired) electrons. The quantitative estimate of drug-likeness (QED) is 0.741. The number of aryl methyl sites for hydroxylation is 1. The second kappa shape index (κ2) is 7.92. The van der Waals surface area contributed by atoms with Gasteiger partial charge in [0.05, 0.1) is 4.90 Å². The van der Waals surface area contributed by atoms with E-state index in [-0.39, 0.29) is 16.8 Å². The fourth-order valence-electron chi connectivity index (χ4n) is 4.93. The lowest BCUT2D eigenvalue weighted by atomic mass is 9.84. The molecule has 2 aliphatic carbocycles. The standard InChI is InChI=1S/C23H28N2O3S/c1-15-3-6-18(7-4-15)23(26)24-20-9-11-21(12-10-20)29(27,28)25-16(2)22-14-17-5-8-19(22)13-17/h3-4,6-7,9-12,16-17,19,22,25H,5,8,13-14H2,1-2H3,(H,24,26)/t16-,17+,19+,22-/m1/s1.